The number of hydrogen-bond donors (Lipinski definition) is 2. The lowest BCUT2D eigenvalue weighted by Gasteiger charge is -2.35. The van der Waals surface area contributed by atoms with Gasteiger partial charge in [-0.25, -0.2) is 4.98 Å². The summed E-state index contributed by atoms with van der Waals surface area (Å²) in [6.07, 6.45) is 8.21. The van der Waals surface area contributed by atoms with Crippen LogP contribution in [0.3, 0.4) is 0 Å². The van der Waals surface area contributed by atoms with E-state index in [0.29, 0.717) is 11.5 Å². The summed E-state index contributed by atoms with van der Waals surface area (Å²) in [7, 11) is 3.49. The largest absolute Gasteiger partial charge is 0.383 e. The SMILES string of the molecule is COCCN1CCN(c2ccc(Nc3cc(-c4cccc(NC(=O)c5cc6c(s5)CCCC6)c4C)cn(C)c3=O)nc2)CC1. The predicted octanol–water partition coefficient (Wildman–Crippen LogP) is 5.46. The Kier molecular flexibility index (Phi) is 9.11. The van der Waals surface area contributed by atoms with Crippen LogP contribution in [0.5, 0.6) is 0 Å². The van der Waals surface area contributed by atoms with E-state index in [1.165, 1.54) is 23.3 Å². The molecule has 0 radical (unpaired) electrons. The third-order valence-corrected chi connectivity index (χ3v) is 9.89. The van der Waals surface area contributed by atoms with E-state index in [2.05, 4.69) is 37.6 Å². The summed E-state index contributed by atoms with van der Waals surface area (Å²) in [5.74, 6) is 0.535. The minimum Gasteiger partial charge on any atom is -0.383 e. The van der Waals surface area contributed by atoms with Gasteiger partial charge in [0.2, 0.25) is 0 Å². The molecule has 0 unspecified atom stereocenters. The molecule has 6 rings (SSSR count). The van der Waals surface area contributed by atoms with E-state index in [9.17, 15) is 9.59 Å². The second-order valence-electron chi connectivity index (χ2n) is 11.6. The predicted molar refractivity (Wildman–Crippen MR) is 179 cm³/mol. The van der Waals surface area contributed by atoms with E-state index >= 15 is 0 Å². The number of benzene rings is 1. The first kappa shape index (κ1) is 30.1. The van der Waals surface area contributed by atoms with Gasteiger partial charge in [0.1, 0.15) is 11.5 Å². The van der Waals surface area contributed by atoms with Gasteiger partial charge in [0.25, 0.3) is 11.5 Å². The van der Waals surface area contributed by atoms with E-state index in [0.717, 1.165) is 85.1 Å². The Morgan fingerprint density at radius 3 is 2.61 bits per heavy atom. The van der Waals surface area contributed by atoms with Crippen LogP contribution in [0.1, 0.15) is 38.5 Å². The average molecular weight is 613 g/mol. The Morgan fingerprint density at radius 2 is 1.86 bits per heavy atom. The van der Waals surface area contributed by atoms with Gasteiger partial charge < -0.3 is 24.8 Å². The first-order valence-electron chi connectivity index (χ1n) is 15.3. The summed E-state index contributed by atoms with van der Waals surface area (Å²) in [5, 5.41) is 6.38. The number of fused-ring (bicyclic) bond motifs is 1. The Labute approximate surface area is 262 Å². The molecule has 1 aromatic carbocycles. The normalized spacial score (nSPS) is 15.2. The van der Waals surface area contributed by atoms with Crippen LogP contribution in [-0.4, -0.2) is 66.8 Å². The lowest BCUT2D eigenvalue weighted by atomic mass is 9.99. The standard InChI is InChI=1S/C34H40N6O3S/c1-23-27(8-6-9-28(23)37-33(41)31-20-24-7-4-5-10-30(24)44-31)25-19-29(34(42)38(2)22-25)36-32-12-11-26(21-35-32)40-15-13-39(14-16-40)17-18-43-3/h6,8-9,11-12,19-22H,4-5,7,10,13-18H2,1-3H3,(H,35,36)(H,37,41). The third kappa shape index (κ3) is 6.57. The summed E-state index contributed by atoms with van der Waals surface area (Å²) in [6, 6.07) is 13.8. The van der Waals surface area contributed by atoms with Crippen molar-refractivity contribution >= 4 is 40.1 Å². The Bertz CT molecular complexity index is 1660. The number of ether oxygens (including phenoxy) is 1. The molecule has 1 amide bonds. The summed E-state index contributed by atoms with van der Waals surface area (Å²) in [5.41, 5.74) is 6.21. The van der Waals surface area contributed by atoms with Crippen LogP contribution in [0.4, 0.5) is 22.9 Å². The number of anilines is 4. The van der Waals surface area contributed by atoms with Gasteiger partial charge in [0.05, 0.1) is 23.4 Å². The van der Waals surface area contributed by atoms with E-state index in [1.54, 1.807) is 30.1 Å². The molecule has 0 atom stereocenters. The number of aryl methyl sites for hydroxylation is 3. The maximum absolute atomic E-state index is 13.2. The molecule has 0 saturated carbocycles. The van der Waals surface area contributed by atoms with E-state index < -0.39 is 0 Å². The van der Waals surface area contributed by atoms with Gasteiger partial charge in [0, 0.05) is 69.2 Å². The molecule has 1 aliphatic heterocycles. The van der Waals surface area contributed by atoms with Gasteiger partial charge in [-0.3, -0.25) is 14.5 Å². The highest BCUT2D eigenvalue weighted by Crippen LogP contribution is 2.33. The molecular weight excluding hydrogens is 572 g/mol. The molecule has 10 heteroatoms. The maximum Gasteiger partial charge on any atom is 0.274 e. The van der Waals surface area contributed by atoms with E-state index in [1.807, 2.05) is 49.6 Å². The highest BCUT2D eigenvalue weighted by molar-refractivity contribution is 7.14. The smallest absolute Gasteiger partial charge is 0.274 e. The number of amides is 1. The third-order valence-electron chi connectivity index (χ3n) is 8.66. The molecule has 1 aliphatic carbocycles. The van der Waals surface area contributed by atoms with Crippen molar-refractivity contribution < 1.29 is 9.53 Å². The summed E-state index contributed by atoms with van der Waals surface area (Å²) < 4.78 is 6.79. The van der Waals surface area contributed by atoms with Gasteiger partial charge in [-0.05, 0) is 79.6 Å². The number of nitrogens with one attached hydrogen (secondary N) is 2. The van der Waals surface area contributed by atoms with Gasteiger partial charge in [-0.1, -0.05) is 12.1 Å². The van der Waals surface area contributed by atoms with E-state index in [-0.39, 0.29) is 11.5 Å². The molecule has 0 bridgehead atoms. The van der Waals surface area contributed by atoms with Crippen molar-refractivity contribution in [3.63, 3.8) is 0 Å². The topological polar surface area (TPSA) is 91.7 Å². The number of pyridine rings is 2. The monoisotopic (exact) mass is 612 g/mol. The van der Waals surface area contributed by atoms with Gasteiger partial charge in [0.15, 0.2) is 0 Å². The summed E-state index contributed by atoms with van der Waals surface area (Å²) in [6.45, 7) is 7.57. The summed E-state index contributed by atoms with van der Waals surface area (Å²) >= 11 is 1.61. The highest BCUT2D eigenvalue weighted by Gasteiger charge is 2.20. The fourth-order valence-electron chi connectivity index (χ4n) is 6.05. The number of carbonyl (C=O) groups excluding carboxylic acids is 1. The zero-order chi connectivity index (χ0) is 30.6. The molecular formula is C34H40N6O3S. The van der Waals surface area contributed by atoms with Crippen molar-refractivity contribution in [1.29, 1.82) is 0 Å². The zero-order valence-corrected chi connectivity index (χ0v) is 26.5. The molecule has 230 valence electrons. The number of piperazine rings is 1. The molecule has 3 aromatic heterocycles. The van der Waals surface area contributed by atoms with Gasteiger partial charge >= 0.3 is 0 Å². The Hall–Kier alpha value is -3.99. The van der Waals surface area contributed by atoms with Crippen LogP contribution in [0, 0.1) is 6.92 Å². The van der Waals surface area contributed by atoms with Crippen molar-refractivity contribution in [2.75, 3.05) is 62.0 Å². The number of hydrogen-bond acceptors (Lipinski definition) is 8. The number of nitrogens with zero attached hydrogens (tertiary/aromatic N) is 4. The lowest BCUT2D eigenvalue weighted by Crippen LogP contribution is -2.47. The molecule has 4 heterocycles. The van der Waals surface area contributed by atoms with Gasteiger partial charge in [-0.15, -0.1) is 11.3 Å². The van der Waals surface area contributed by atoms with Crippen LogP contribution < -0.4 is 21.1 Å². The number of rotatable bonds is 9. The number of aromatic nitrogens is 2. The van der Waals surface area contributed by atoms with Crippen molar-refractivity contribution in [1.82, 2.24) is 14.5 Å². The molecule has 2 aliphatic rings. The molecule has 4 aromatic rings. The second-order valence-corrected chi connectivity index (χ2v) is 12.7. The quantitative estimate of drug-likeness (QED) is 0.259. The Balaban J connectivity index is 1.17. The first-order valence-corrected chi connectivity index (χ1v) is 16.1. The zero-order valence-electron chi connectivity index (χ0n) is 25.7. The highest BCUT2D eigenvalue weighted by atomic mass is 32.1. The number of thiophene rings is 1. The van der Waals surface area contributed by atoms with Crippen molar-refractivity contribution in [3.8, 4) is 11.1 Å². The van der Waals surface area contributed by atoms with Gasteiger partial charge in [-0.2, -0.15) is 0 Å². The van der Waals surface area contributed by atoms with Crippen LogP contribution in [0.25, 0.3) is 11.1 Å². The first-order chi connectivity index (χ1) is 21.4. The molecule has 44 heavy (non-hydrogen) atoms. The minimum absolute atomic E-state index is 0.0741. The maximum atomic E-state index is 13.2. The number of methoxy groups -OCH3 is 1. The van der Waals surface area contributed by atoms with Crippen molar-refractivity contribution in [2.45, 2.75) is 32.6 Å². The van der Waals surface area contributed by atoms with E-state index in [4.69, 9.17) is 4.74 Å². The lowest BCUT2D eigenvalue weighted by molar-refractivity contribution is 0.103. The number of carbonyl (C=O) groups is 1. The fourth-order valence-corrected chi connectivity index (χ4v) is 7.20. The minimum atomic E-state index is -0.143. The van der Waals surface area contributed by atoms with Crippen LogP contribution >= 0.6 is 11.3 Å². The fraction of sp³-hybridized carbons (Fsp3) is 0.382. The molecule has 1 saturated heterocycles. The summed E-state index contributed by atoms with van der Waals surface area (Å²) in [4.78, 5) is 37.8. The Morgan fingerprint density at radius 1 is 1.05 bits per heavy atom. The van der Waals surface area contributed by atoms with Crippen LogP contribution in [0.2, 0.25) is 0 Å². The van der Waals surface area contributed by atoms with Crippen LogP contribution in [0.15, 0.2) is 59.7 Å². The molecule has 0 spiro atoms. The second kappa shape index (κ2) is 13.3. The van der Waals surface area contributed by atoms with Crippen molar-refractivity contribution in [2.24, 2.45) is 7.05 Å². The van der Waals surface area contributed by atoms with Crippen molar-refractivity contribution in [3.05, 3.63) is 86.1 Å². The average Bonchev–Trinajstić information content (AvgIpc) is 3.49. The molecule has 9 nitrogen and oxygen atoms in total. The van der Waals surface area contributed by atoms with Crippen LogP contribution in [-0.2, 0) is 24.6 Å². The molecule has 2 N–H and O–H groups in total. The molecule has 1 fully saturated rings.